The van der Waals surface area contributed by atoms with E-state index >= 15 is 0 Å². The van der Waals surface area contributed by atoms with Crippen molar-refractivity contribution in [3.63, 3.8) is 0 Å². The second-order valence-electron chi connectivity index (χ2n) is 10.4. The molecule has 5 rings (SSSR count). The van der Waals surface area contributed by atoms with Crippen molar-refractivity contribution in [2.45, 2.75) is 109 Å². The van der Waals surface area contributed by atoms with E-state index in [2.05, 4.69) is 56.1 Å². The van der Waals surface area contributed by atoms with Crippen LogP contribution in [0.1, 0.15) is 107 Å². The van der Waals surface area contributed by atoms with Crippen LogP contribution in [0, 0.1) is 6.92 Å². The molecular formula is C27H38N6O. The molecule has 0 unspecified atom stereocenters. The minimum Gasteiger partial charge on any atom is -0.322 e. The first kappa shape index (κ1) is 23.2. The van der Waals surface area contributed by atoms with Gasteiger partial charge in [-0.1, -0.05) is 57.1 Å². The van der Waals surface area contributed by atoms with Crippen molar-refractivity contribution in [2.75, 3.05) is 0 Å². The molecule has 7 nitrogen and oxygen atoms in total. The summed E-state index contributed by atoms with van der Waals surface area (Å²) in [6.45, 7) is 4.95. The van der Waals surface area contributed by atoms with Gasteiger partial charge in [-0.05, 0) is 73.0 Å². The summed E-state index contributed by atoms with van der Waals surface area (Å²) < 4.78 is 2.12. The maximum Gasteiger partial charge on any atom is 0.252 e. The van der Waals surface area contributed by atoms with Crippen molar-refractivity contribution in [1.82, 2.24) is 30.1 Å². The summed E-state index contributed by atoms with van der Waals surface area (Å²) in [5, 5.41) is 14.3. The molecule has 0 bridgehead atoms. The molecular weight excluding hydrogens is 424 g/mol. The zero-order chi connectivity index (χ0) is 23.5. The van der Waals surface area contributed by atoms with Crippen LogP contribution in [-0.4, -0.2) is 36.1 Å². The van der Waals surface area contributed by atoms with Crippen LogP contribution < -0.4 is 5.56 Å². The largest absolute Gasteiger partial charge is 0.322 e. The van der Waals surface area contributed by atoms with Gasteiger partial charge in [-0.25, -0.2) is 4.68 Å². The minimum absolute atomic E-state index is 0.0129. The van der Waals surface area contributed by atoms with E-state index in [-0.39, 0.29) is 11.6 Å². The zero-order valence-corrected chi connectivity index (χ0v) is 20.7. The second kappa shape index (κ2) is 10.4. The summed E-state index contributed by atoms with van der Waals surface area (Å²) >= 11 is 0. The van der Waals surface area contributed by atoms with Gasteiger partial charge >= 0.3 is 0 Å². The number of nitrogens with one attached hydrogen (secondary N) is 1. The third-order valence-corrected chi connectivity index (χ3v) is 8.00. The number of aromatic amines is 1. The third-order valence-electron chi connectivity index (χ3n) is 8.00. The molecule has 182 valence electrons. The molecule has 7 heteroatoms. The number of H-pyrrole nitrogens is 1. The van der Waals surface area contributed by atoms with Gasteiger partial charge in [0.1, 0.15) is 0 Å². The van der Waals surface area contributed by atoms with Gasteiger partial charge in [0.25, 0.3) is 5.56 Å². The summed E-state index contributed by atoms with van der Waals surface area (Å²) in [5.74, 6) is 0.980. The van der Waals surface area contributed by atoms with Crippen LogP contribution in [0.15, 0.2) is 29.1 Å². The Morgan fingerprint density at radius 2 is 1.79 bits per heavy atom. The number of hydrogen-bond acceptors (Lipinski definition) is 5. The summed E-state index contributed by atoms with van der Waals surface area (Å²) in [6.07, 6.45) is 13.2. The average molecular weight is 463 g/mol. The second-order valence-corrected chi connectivity index (χ2v) is 10.4. The molecule has 0 radical (unpaired) electrons. The SMILES string of the molecule is CC[C@H](c1nnnn1C1CCCCC1)N(Cc1cc2cc(C)ccc2[nH]c1=O)C1CCCCC1. The highest BCUT2D eigenvalue weighted by Gasteiger charge is 2.33. The predicted octanol–water partition coefficient (Wildman–Crippen LogP) is 5.61. The van der Waals surface area contributed by atoms with Gasteiger partial charge in [0.2, 0.25) is 0 Å². The van der Waals surface area contributed by atoms with E-state index in [1.807, 2.05) is 12.1 Å². The Balaban J connectivity index is 1.51. The van der Waals surface area contributed by atoms with Crippen LogP contribution in [0.3, 0.4) is 0 Å². The average Bonchev–Trinajstić information content (AvgIpc) is 3.35. The van der Waals surface area contributed by atoms with Crippen molar-refractivity contribution < 1.29 is 0 Å². The highest BCUT2D eigenvalue weighted by molar-refractivity contribution is 5.79. The molecule has 1 aromatic carbocycles. The highest BCUT2D eigenvalue weighted by atomic mass is 16.1. The lowest BCUT2D eigenvalue weighted by Gasteiger charge is -2.39. The molecule has 3 aromatic rings. The first-order valence-corrected chi connectivity index (χ1v) is 13.3. The van der Waals surface area contributed by atoms with Crippen molar-refractivity contribution in [3.8, 4) is 0 Å². The molecule has 1 atom stereocenters. The van der Waals surface area contributed by atoms with Gasteiger partial charge in [-0.3, -0.25) is 9.69 Å². The number of nitrogens with zero attached hydrogens (tertiary/aromatic N) is 5. The maximum atomic E-state index is 13.1. The first-order chi connectivity index (χ1) is 16.6. The fraction of sp³-hybridized carbons (Fsp3) is 0.630. The molecule has 2 aliphatic carbocycles. The van der Waals surface area contributed by atoms with Gasteiger partial charge in [0, 0.05) is 23.7 Å². The number of benzene rings is 1. The van der Waals surface area contributed by atoms with Gasteiger partial charge < -0.3 is 4.98 Å². The van der Waals surface area contributed by atoms with E-state index in [1.54, 1.807) is 0 Å². The van der Waals surface area contributed by atoms with E-state index in [1.165, 1.54) is 56.9 Å². The molecule has 2 heterocycles. The first-order valence-electron chi connectivity index (χ1n) is 13.3. The lowest BCUT2D eigenvalue weighted by molar-refractivity contribution is 0.0821. The Morgan fingerprint density at radius 1 is 1.06 bits per heavy atom. The van der Waals surface area contributed by atoms with E-state index in [0.29, 0.717) is 18.6 Å². The Kier molecular flexibility index (Phi) is 7.09. The lowest BCUT2D eigenvalue weighted by Crippen LogP contribution is -2.41. The smallest absolute Gasteiger partial charge is 0.252 e. The number of aromatic nitrogens is 5. The molecule has 2 saturated carbocycles. The van der Waals surface area contributed by atoms with Crippen molar-refractivity contribution >= 4 is 10.9 Å². The Bertz CT molecular complexity index is 1160. The Labute approximate surface area is 201 Å². The van der Waals surface area contributed by atoms with Crippen molar-refractivity contribution in [1.29, 1.82) is 0 Å². The monoisotopic (exact) mass is 462 g/mol. The molecule has 2 fully saturated rings. The van der Waals surface area contributed by atoms with Crippen LogP contribution in [0.25, 0.3) is 10.9 Å². The highest BCUT2D eigenvalue weighted by Crippen LogP contribution is 2.35. The summed E-state index contributed by atoms with van der Waals surface area (Å²) in [6, 6.07) is 9.24. The Hall–Kier alpha value is -2.54. The van der Waals surface area contributed by atoms with Crippen LogP contribution in [0.2, 0.25) is 0 Å². The van der Waals surface area contributed by atoms with E-state index in [9.17, 15) is 4.79 Å². The number of tetrazole rings is 1. The molecule has 0 amide bonds. The normalized spacial score (nSPS) is 19.1. The van der Waals surface area contributed by atoms with E-state index in [0.717, 1.165) is 41.6 Å². The van der Waals surface area contributed by atoms with Gasteiger partial charge in [0.15, 0.2) is 5.82 Å². The van der Waals surface area contributed by atoms with Gasteiger partial charge in [-0.15, -0.1) is 5.10 Å². The van der Waals surface area contributed by atoms with Gasteiger partial charge in [0.05, 0.1) is 12.1 Å². The fourth-order valence-corrected chi connectivity index (χ4v) is 6.16. The maximum absolute atomic E-state index is 13.1. The van der Waals surface area contributed by atoms with Crippen LogP contribution >= 0.6 is 0 Å². The van der Waals surface area contributed by atoms with E-state index < -0.39 is 0 Å². The standard InChI is InChI=1S/C27H38N6O/c1-3-25(26-29-30-31-33(26)23-12-8-5-9-13-23)32(22-10-6-4-7-11-22)18-21-17-20-16-19(2)14-15-24(20)28-27(21)34/h14-17,22-23,25H,3-13,18H2,1-2H3,(H,28,34)/t25-/m1/s1. The molecule has 2 aromatic heterocycles. The van der Waals surface area contributed by atoms with Crippen molar-refractivity contribution in [2.24, 2.45) is 0 Å². The molecule has 0 spiro atoms. The summed E-state index contributed by atoms with van der Waals surface area (Å²) in [4.78, 5) is 18.8. The number of aryl methyl sites for hydroxylation is 1. The quantitative estimate of drug-likeness (QED) is 0.493. The fourth-order valence-electron chi connectivity index (χ4n) is 6.16. The Morgan fingerprint density at radius 3 is 2.53 bits per heavy atom. The summed E-state index contributed by atoms with van der Waals surface area (Å²) in [5.41, 5.74) is 2.95. The van der Waals surface area contributed by atoms with Gasteiger partial charge in [-0.2, -0.15) is 0 Å². The zero-order valence-electron chi connectivity index (χ0n) is 20.7. The summed E-state index contributed by atoms with van der Waals surface area (Å²) in [7, 11) is 0. The molecule has 0 saturated heterocycles. The van der Waals surface area contributed by atoms with Crippen LogP contribution in [0.5, 0.6) is 0 Å². The number of fused-ring (bicyclic) bond motifs is 1. The van der Waals surface area contributed by atoms with Crippen molar-refractivity contribution in [3.05, 3.63) is 51.6 Å². The molecule has 1 N–H and O–H groups in total. The number of pyridine rings is 1. The minimum atomic E-state index is 0.0129. The number of rotatable bonds is 7. The number of hydrogen-bond donors (Lipinski definition) is 1. The molecule has 2 aliphatic rings. The third kappa shape index (κ3) is 4.81. The van der Waals surface area contributed by atoms with Crippen LogP contribution in [0.4, 0.5) is 0 Å². The van der Waals surface area contributed by atoms with E-state index in [4.69, 9.17) is 0 Å². The molecule has 34 heavy (non-hydrogen) atoms. The lowest BCUT2D eigenvalue weighted by atomic mass is 9.91. The molecule has 0 aliphatic heterocycles. The topological polar surface area (TPSA) is 79.7 Å². The predicted molar refractivity (Wildman–Crippen MR) is 135 cm³/mol. The van der Waals surface area contributed by atoms with Crippen LogP contribution in [-0.2, 0) is 6.54 Å².